The van der Waals surface area contributed by atoms with Crippen LogP contribution in [0.4, 0.5) is 11.6 Å². The average Bonchev–Trinajstić information content (AvgIpc) is 2.99. The number of carbonyl (C=O) groups excluding carboxylic acids is 1. The number of amides is 1. The number of aromatic nitrogens is 5. The van der Waals surface area contributed by atoms with Crippen LogP contribution in [0.5, 0.6) is 5.88 Å². The summed E-state index contributed by atoms with van der Waals surface area (Å²) < 4.78 is 32.3. The van der Waals surface area contributed by atoms with Gasteiger partial charge < -0.3 is 15.0 Å². The summed E-state index contributed by atoms with van der Waals surface area (Å²) in [5, 5.41) is 3.73. The van der Waals surface area contributed by atoms with Crippen LogP contribution in [0.3, 0.4) is 0 Å². The van der Waals surface area contributed by atoms with Crippen molar-refractivity contribution in [1.29, 1.82) is 0 Å². The van der Waals surface area contributed by atoms with Gasteiger partial charge in [0.1, 0.15) is 10.8 Å². The number of halogens is 1. The molecule has 0 radical (unpaired) electrons. The first-order valence-electron chi connectivity index (χ1n) is 13.9. The number of nitrogens with one attached hydrogen (secondary N) is 2. The Morgan fingerprint density at radius 3 is 2.52 bits per heavy atom. The van der Waals surface area contributed by atoms with Gasteiger partial charge in [0.15, 0.2) is 5.69 Å². The lowest BCUT2D eigenvalue weighted by molar-refractivity contribution is 0.0977. The number of carbonyl (C=O) groups is 1. The summed E-state index contributed by atoms with van der Waals surface area (Å²) in [5.41, 5.74) is 2.84. The van der Waals surface area contributed by atoms with Gasteiger partial charge in [0.05, 0.1) is 36.0 Å². The highest BCUT2D eigenvalue weighted by Crippen LogP contribution is 2.34. The van der Waals surface area contributed by atoms with Crippen LogP contribution in [0.1, 0.15) is 59.0 Å². The molecule has 4 heterocycles. The lowest BCUT2D eigenvalue weighted by Crippen LogP contribution is -2.38. The summed E-state index contributed by atoms with van der Waals surface area (Å²) >= 11 is 6.03. The summed E-state index contributed by atoms with van der Waals surface area (Å²) in [6.07, 6.45) is 5.71. The van der Waals surface area contributed by atoms with Gasteiger partial charge in [0.25, 0.3) is 11.5 Å². The number of aryl methyl sites for hydroxylation is 1. The predicted octanol–water partition coefficient (Wildman–Crippen LogP) is 3.34. The highest BCUT2D eigenvalue weighted by molar-refractivity contribution is 7.89. The smallest absolute Gasteiger partial charge is 0.285 e. The molecule has 232 valence electrons. The van der Waals surface area contributed by atoms with Gasteiger partial charge in [-0.3, -0.25) is 19.1 Å². The molecular formula is C29H33ClN8O5S. The second kappa shape index (κ2) is 12.4. The molecule has 1 aromatic carbocycles. The Bertz CT molecular complexity index is 1910. The maximum Gasteiger partial charge on any atom is 0.285 e. The number of hydrogen-bond acceptors (Lipinski definition) is 11. The van der Waals surface area contributed by atoms with Crippen molar-refractivity contribution in [1.82, 2.24) is 29.2 Å². The van der Waals surface area contributed by atoms with Crippen molar-refractivity contribution in [3.63, 3.8) is 0 Å². The molecule has 1 amide bonds. The zero-order valence-corrected chi connectivity index (χ0v) is 26.5. The fourth-order valence-electron chi connectivity index (χ4n) is 5.53. The van der Waals surface area contributed by atoms with Gasteiger partial charge in [-0.1, -0.05) is 17.7 Å². The molecule has 1 fully saturated rings. The molecule has 0 unspecified atom stereocenters. The number of ether oxygens (including phenoxy) is 1. The molecule has 15 heteroatoms. The molecular weight excluding hydrogens is 608 g/mol. The molecule has 2 N–H and O–H groups in total. The summed E-state index contributed by atoms with van der Waals surface area (Å²) in [5.74, 6) is 0.315. The zero-order valence-electron chi connectivity index (χ0n) is 25.0. The number of benzene rings is 1. The standard InChI is InChI=1S/C29H33ClN8O5S/c1-16-14-19(17(2)33-21-6-7-22(30)34-25(21)26(39)36-44(5,41)42)24-20(15-16)28(40)37(3)29(35-24)38-12-8-18(9-13-38)23-27(43-4)32-11-10-31-23/h6-7,10-11,14-15,17-18,33H,8-9,12-13H2,1-5H3,(H,36,39)/t17-/m1/s1. The van der Waals surface area contributed by atoms with Crippen LogP contribution >= 0.6 is 11.6 Å². The van der Waals surface area contributed by atoms with E-state index in [1.807, 2.05) is 30.7 Å². The van der Waals surface area contributed by atoms with E-state index in [4.69, 9.17) is 21.3 Å². The van der Waals surface area contributed by atoms with Crippen molar-refractivity contribution < 1.29 is 17.9 Å². The van der Waals surface area contributed by atoms with Gasteiger partial charge in [-0.05, 0) is 50.5 Å². The van der Waals surface area contributed by atoms with Crippen LogP contribution in [-0.4, -0.2) is 65.3 Å². The van der Waals surface area contributed by atoms with Crippen LogP contribution in [0.2, 0.25) is 5.15 Å². The van der Waals surface area contributed by atoms with Crippen LogP contribution < -0.4 is 25.2 Å². The predicted molar refractivity (Wildman–Crippen MR) is 168 cm³/mol. The van der Waals surface area contributed by atoms with Crippen molar-refractivity contribution >= 4 is 50.1 Å². The third-order valence-electron chi connectivity index (χ3n) is 7.57. The van der Waals surface area contributed by atoms with Gasteiger partial charge in [-0.2, -0.15) is 0 Å². The first kappa shape index (κ1) is 31.1. The maximum atomic E-state index is 13.7. The quantitative estimate of drug-likeness (QED) is 0.272. The third kappa shape index (κ3) is 6.45. The molecule has 3 aromatic heterocycles. The molecule has 0 aliphatic carbocycles. The zero-order chi connectivity index (χ0) is 31.8. The Balaban J connectivity index is 1.48. The van der Waals surface area contributed by atoms with Crippen molar-refractivity contribution in [2.75, 3.05) is 36.7 Å². The second-order valence-corrected chi connectivity index (χ2v) is 13.0. The van der Waals surface area contributed by atoms with E-state index in [2.05, 4.69) is 25.2 Å². The SMILES string of the molecule is COc1nccnc1C1CCN(c2nc3c([C@@H](C)Nc4ccc(Cl)nc4C(=O)NS(C)(=O)=O)cc(C)cc3c(=O)n2C)CC1. The van der Waals surface area contributed by atoms with E-state index in [0.717, 1.165) is 35.9 Å². The summed E-state index contributed by atoms with van der Waals surface area (Å²) in [6, 6.07) is 6.32. The largest absolute Gasteiger partial charge is 0.480 e. The first-order chi connectivity index (χ1) is 20.9. The number of anilines is 2. The number of methoxy groups -OCH3 is 1. The Morgan fingerprint density at radius 2 is 1.84 bits per heavy atom. The van der Waals surface area contributed by atoms with Crippen LogP contribution in [0, 0.1) is 6.92 Å². The van der Waals surface area contributed by atoms with Gasteiger partial charge >= 0.3 is 0 Å². The number of hydrogen-bond donors (Lipinski definition) is 2. The van der Waals surface area contributed by atoms with E-state index in [1.54, 1.807) is 37.2 Å². The summed E-state index contributed by atoms with van der Waals surface area (Å²) in [4.78, 5) is 46.4. The average molecular weight is 641 g/mol. The van der Waals surface area contributed by atoms with Gasteiger partial charge in [-0.15, -0.1) is 0 Å². The fourth-order valence-corrected chi connectivity index (χ4v) is 6.11. The topological polar surface area (TPSA) is 161 Å². The van der Waals surface area contributed by atoms with E-state index in [-0.39, 0.29) is 28.0 Å². The highest BCUT2D eigenvalue weighted by Gasteiger charge is 2.28. The fraction of sp³-hybridized carbons (Fsp3) is 0.379. The van der Waals surface area contributed by atoms with Crippen LogP contribution in [0.25, 0.3) is 10.9 Å². The van der Waals surface area contributed by atoms with Gasteiger partial charge in [0.2, 0.25) is 21.9 Å². The van der Waals surface area contributed by atoms with E-state index < -0.39 is 22.0 Å². The third-order valence-corrected chi connectivity index (χ3v) is 8.34. The molecule has 0 saturated carbocycles. The Labute approximate surface area is 259 Å². The molecule has 13 nitrogen and oxygen atoms in total. The number of rotatable bonds is 8. The lowest BCUT2D eigenvalue weighted by atomic mass is 9.93. The lowest BCUT2D eigenvalue weighted by Gasteiger charge is -2.33. The minimum absolute atomic E-state index is 0.0270. The second-order valence-electron chi connectivity index (χ2n) is 10.8. The van der Waals surface area contributed by atoms with Gasteiger partial charge in [-0.25, -0.2) is 28.1 Å². The number of sulfonamides is 1. The molecule has 1 saturated heterocycles. The maximum absolute atomic E-state index is 13.7. The minimum Gasteiger partial charge on any atom is -0.480 e. The number of nitrogens with zero attached hydrogens (tertiary/aromatic N) is 6. The van der Waals surface area contributed by atoms with E-state index in [0.29, 0.717) is 35.8 Å². The van der Waals surface area contributed by atoms with Crippen molar-refractivity contribution in [3.8, 4) is 5.88 Å². The Morgan fingerprint density at radius 1 is 1.14 bits per heavy atom. The summed E-state index contributed by atoms with van der Waals surface area (Å²) in [7, 11) is -0.534. The van der Waals surface area contributed by atoms with Crippen molar-refractivity contribution in [3.05, 3.63) is 74.7 Å². The molecule has 4 aromatic rings. The monoisotopic (exact) mass is 640 g/mol. The molecule has 0 bridgehead atoms. The highest BCUT2D eigenvalue weighted by atomic mass is 35.5. The molecule has 1 aliphatic heterocycles. The molecule has 5 rings (SSSR count). The molecule has 0 spiro atoms. The molecule has 1 aliphatic rings. The summed E-state index contributed by atoms with van der Waals surface area (Å²) in [6.45, 7) is 5.06. The van der Waals surface area contributed by atoms with E-state index in [9.17, 15) is 18.0 Å². The molecule has 44 heavy (non-hydrogen) atoms. The first-order valence-corrected chi connectivity index (χ1v) is 16.2. The number of pyridine rings is 1. The number of piperidine rings is 1. The minimum atomic E-state index is -3.84. The van der Waals surface area contributed by atoms with Crippen molar-refractivity contribution in [2.24, 2.45) is 7.05 Å². The van der Waals surface area contributed by atoms with Crippen LogP contribution in [-0.2, 0) is 17.1 Å². The number of fused-ring (bicyclic) bond motifs is 1. The molecule has 1 atom stereocenters. The van der Waals surface area contributed by atoms with E-state index in [1.165, 1.54) is 6.07 Å². The normalized spacial score (nSPS) is 14.8. The Hall–Kier alpha value is -4.30. The van der Waals surface area contributed by atoms with Crippen LogP contribution in [0.15, 0.2) is 41.5 Å². The van der Waals surface area contributed by atoms with Gasteiger partial charge in [0, 0.05) is 44.0 Å². The van der Waals surface area contributed by atoms with E-state index >= 15 is 0 Å². The Kier molecular flexibility index (Phi) is 8.75. The van der Waals surface area contributed by atoms with Crippen molar-refractivity contribution in [2.45, 2.75) is 38.6 Å².